The van der Waals surface area contributed by atoms with Crippen molar-refractivity contribution in [3.8, 4) is 5.75 Å². The molecule has 0 aliphatic carbocycles. The summed E-state index contributed by atoms with van der Waals surface area (Å²) < 4.78 is 26.7. The summed E-state index contributed by atoms with van der Waals surface area (Å²) in [6.07, 6.45) is 2.11. The van der Waals surface area contributed by atoms with Gasteiger partial charge in [-0.3, -0.25) is 0 Å². The second kappa shape index (κ2) is 11.7. The predicted molar refractivity (Wildman–Crippen MR) is 133 cm³/mol. The van der Waals surface area contributed by atoms with Crippen LogP contribution in [0.2, 0.25) is 0 Å². The molecule has 2 heterocycles. The molecule has 1 aromatic heterocycles. The zero-order valence-corrected chi connectivity index (χ0v) is 19.8. The van der Waals surface area contributed by atoms with Crippen molar-refractivity contribution in [2.75, 3.05) is 61.4 Å². The van der Waals surface area contributed by atoms with Crippen LogP contribution in [0, 0.1) is 11.6 Å². The summed E-state index contributed by atoms with van der Waals surface area (Å²) >= 11 is 0. The summed E-state index contributed by atoms with van der Waals surface area (Å²) in [5.41, 5.74) is 1.85. The summed E-state index contributed by atoms with van der Waals surface area (Å²) in [5, 5.41) is 16.1. The van der Waals surface area contributed by atoms with Gasteiger partial charge in [-0.2, -0.15) is 15.0 Å². The van der Waals surface area contributed by atoms with E-state index in [1.165, 1.54) is 6.07 Å². The Kier molecular flexibility index (Phi) is 8.25. The number of halogens is 2. The van der Waals surface area contributed by atoms with Crippen molar-refractivity contribution in [2.45, 2.75) is 19.3 Å². The van der Waals surface area contributed by atoms with Crippen molar-refractivity contribution < 1.29 is 13.9 Å². The van der Waals surface area contributed by atoms with Crippen LogP contribution in [0.1, 0.15) is 17.5 Å². The maximum absolute atomic E-state index is 13.5. The Morgan fingerprint density at radius 2 is 1.71 bits per heavy atom. The van der Waals surface area contributed by atoms with E-state index in [0.29, 0.717) is 37.4 Å². The van der Waals surface area contributed by atoms with Crippen LogP contribution in [0.25, 0.3) is 0 Å². The summed E-state index contributed by atoms with van der Waals surface area (Å²) in [6, 6.07) is 11.2. The molecule has 0 unspecified atom stereocenters. The molecule has 0 atom stereocenters. The number of piperazine rings is 1. The molecule has 186 valence electrons. The van der Waals surface area contributed by atoms with E-state index in [0.717, 1.165) is 56.2 Å². The maximum atomic E-state index is 13.5. The van der Waals surface area contributed by atoms with Crippen molar-refractivity contribution in [1.82, 2.24) is 20.3 Å². The number of aromatic nitrogens is 3. The summed E-state index contributed by atoms with van der Waals surface area (Å²) in [6.45, 7) is 4.65. The van der Waals surface area contributed by atoms with Crippen LogP contribution < -0.4 is 20.4 Å². The van der Waals surface area contributed by atoms with Crippen LogP contribution in [0.4, 0.5) is 26.6 Å². The molecular weight excluding hydrogens is 452 g/mol. The molecule has 1 aliphatic rings. The third kappa shape index (κ3) is 6.98. The van der Waals surface area contributed by atoms with Crippen molar-refractivity contribution in [1.29, 1.82) is 0 Å². The minimum atomic E-state index is -0.832. The van der Waals surface area contributed by atoms with Gasteiger partial charge < -0.3 is 25.5 Å². The first-order valence-corrected chi connectivity index (χ1v) is 11.9. The lowest BCUT2D eigenvalue weighted by molar-refractivity contribution is 0.475. The second-order valence-corrected chi connectivity index (χ2v) is 8.61. The van der Waals surface area contributed by atoms with E-state index in [4.69, 9.17) is 4.98 Å². The Balaban J connectivity index is 1.41. The van der Waals surface area contributed by atoms with Gasteiger partial charge in [0.15, 0.2) is 11.6 Å². The molecule has 0 bridgehead atoms. The predicted octanol–water partition coefficient (Wildman–Crippen LogP) is 2.99. The number of anilines is 3. The second-order valence-electron chi connectivity index (χ2n) is 8.61. The summed E-state index contributed by atoms with van der Waals surface area (Å²) in [4.78, 5) is 18.1. The number of nitrogens with zero attached hydrogens (tertiary/aromatic N) is 5. The molecule has 3 N–H and O–H groups in total. The number of hydrogen-bond donors (Lipinski definition) is 3. The van der Waals surface area contributed by atoms with Crippen LogP contribution in [0.3, 0.4) is 0 Å². The smallest absolute Gasteiger partial charge is 0.232 e. The van der Waals surface area contributed by atoms with Gasteiger partial charge in [-0.1, -0.05) is 18.2 Å². The van der Waals surface area contributed by atoms with Crippen LogP contribution in [0.5, 0.6) is 5.75 Å². The zero-order chi connectivity index (χ0) is 24.6. The highest BCUT2D eigenvalue weighted by Crippen LogP contribution is 2.18. The Labute approximate surface area is 204 Å². The molecule has 0 amide bonds. The molecular formula is C25H31F2N7O. The van der Waals surface area contributed by atoms with Crippen molar-refractivity contribution >= 4 is 17.8 Å². The van der Waals surface area contributed by atoms with Gasteiger partial charge in [0, 0.05) is 46.3 Å². The fourth-order valence-corrected chi connectivity index (χ4v) is 3.91. The first-order valence-electron chi connectivity index (χ1n) is 11.9. The molecule has 1 aliphatic heterocycles. The van der Waals surface area contributed by atoms with E-state index in [-0.39, 0.29) is 5.75 Å². The van der Waals surface area contributed by atoms with Crippen molar-refractivity contribution in [2.24, 2.45) is 0 Å². The number of nitrogens with one attached hydrogen (secondary N) is 2. The van der Waals surface area contributed by atoms with Gasteiger partial charge in [0.1, 0.15) is 5.75 Å². The van der Waals surface area contributed by atoms with Gasteiger partial charge in [0.05, 0.1) is 0 Å². The first-order chi connectivity index (χ1) is 17.0. The number of phenols is 1. The van der Waals surface area contributed by atoms with Gasteiger partial charge in [-0.25, -0.2) is 8.78 Å². The van der Waals surface area contributed by atoms with Crippen LogP contribution in [0.15, 0.2) is 42.5 Å². The number of benzene rings is 2. The highest BCUT2D eigenvalue weighted by molar-refractivity contribution is 5.45. The SMILES string of the molecule is CN(CCCc1ccc(F)c(F)c1)c1nc(NCCc2ccc(O)cc2)nc(N2CCNCC2)n1. The lowest BCUT2D eigenvalue weighted by Crippen LogP contribution is -2.44. The number of hydrogen-bond acceptors (Lipinski definition) is 8. The Morgan fingerprint density at radius 1 is 0.971 bits per heavy atom. The van der Waals surface area contributed by atoms with E-state index in [9.17, 15) is 13.9 Å². The molecule has 10 heteroatoms. The molecule has 35 heavy (non-hydrogen) atoms. The highest BCUT2D eigenvalue weighted by Gasteiger charge is 2.17. The van der Waals surface area contributed by atoms with Gasteiger partial charge in [-0.05, 0) is 54.7 Å². The molecule has 2 aromatic carbocycles. The van der Waals surface area contributed by atoms with Crippen molar-refractivity contribution in [3.63, 3.8) is 0 Å². The third-order valence-electron chi connectivity index (χ3n) is 5.93. The number of aryl methyl sites for hydroxylation is 1. The van der Waals surface area contributed by atoms with Gasteiger partial charge in [0.2, 0.25) is 17.8 Å². The maximum Gasteiger partial charge on any atom is 0.232 e. The van der Waals surface area contributed by atoms with Crippen LogP contribution in [-0.4, -0.2) is 66.4 Å². The monoisotopic (exact) mass is 483 g/mol. The lowest BCUT2D eigenvalue weighted by atomic mass is 10.1. The lowest BCUT2D eigenvalue weighted by Gasteiger charge is -2.28. The van der Waals surface area contributed by atoms with Gasteiger partial charge in [-0.15, -0.1) is 0 Å². The molecule has 8 nitrogen and oxygen atoms in total. The fraction of sp³-hybridized carbons (Fsp3) is 0.400. The van der Waals surface area contributed by atoms with Crippen molar-refractivity contribution in [3.05, 3.63) is 65.2 Å². The quantitative estimate of drug-likeness (QED) is 0.406. The zero-order valence-electron chi connectivity index (χ0n) is 19.8. The Hall–Kier alpha value is -3.53. The molecule has 0 radical (unpaired) electrons. The van der Waals surface area contributed by atoms with E-state index in [1.807, 2.05) is 24.1 Å². The molecule has 1 saturated heterocycles. The average Bonchev–Trinajstić information content (AvgIpc) is 2.87. The normalized spacial score (nSPS) is 13.6. The summed E-state index contributed by atoms with van der Waals surface area (Å²) in [7, 11) is 1.92. The van der Waals surface area contributed by atoms with Crippen LogP contribution >= 0.6 is 0 Å². The third-order valence-corrected chi connectivity index (χ3v) is 5.93. The average molecular weight is 484 g/mol. The minimum absolute atomic E-state index is 0.247. The molecule has 0 spiro atoms. The van der Waals surface area contributed by atoms with Gasteiger partial charge >= 0.3 is 0 Å². The summed E-state index contributed by atoms with van der Waals surface area (Å²) in [5.74, 6) is 0.299. The molecule has 1 fully saturated rings. The van der Waals surface area contributed by atoms with Crippen LogP contribution in [-0.2, 0) is 12.8 Å². The fourth-order valence-electron chi connectivity index (χ4n) is 3.91. The standard InChI is InChI=1S/C25H31F2N7O/c1-33(14-2-3-19-6-9-21(26)22(27)17-19)24-30-23(29-11-10-18-4-7-20(35)8-5-18)31-25(32-24)34-15-12-28-13-16-34/h4-9,17,28,35H,2-3,10-16H2,1H3,(H,29,30,31,32). The molecule has 0 saturated carbocycles. The van der Waals surface area contributed by atoms with E-state index in [1.54, 1.807) is 18.2 Å². The molecule has 4 rings (SSSR count). The number of aromatic hydroxyl groups is 1. The number of phenolic OH excluding ortho intramolecular Hbond substituents is 1. The largest absolute Gasteiger partial charge is 0.508 e. The topological polar surface area (TPSA) is 89.4 Å². The van der Waals surface area contributed by atoms with E-state index in [2.05, 4.69) is 25.5 Å². The Bertz CT molecular complexity index is 1110. The Morgan fingerprint density at radius 3 is 2.46 bits per heavy atom. The van der Waals surface area contributed by atoms with E-state index < -0.39 is 11.6 Å². The number of rotatable bonds is 10. The van der Waals surface area contributed by atoms with Gasteiger partial charge in [0.25, 0.3) is 0 Å². The molecule has 3 aromatic rings. The minimum Gasteiger partial charge on any atom is -0.508 e. The van der Waals surface area contributed by atoms with E-state index >= 15 is 0 Å². The highest BCUT2D eigenvalue weighted by atomic mass is 19.2. The first kappa shape index (κ1) is 24.6.